The van der Waals surface area contributed by atoms with Crippen molar-refractivity contribution in [1.29, 1.82) is 0 Å². The fraction of sp³-hybridized carbons (Fsp3) is 0.267. The van der Waals surface area contributed by atoms with Gasteiger partial charge in [-0.05, 0) is 18.2 Å². The molecule has 0 atom stereocenters. The number of rotatable bonds is 3. The third-order valence-electron chi connectivity index (χ3n) is 3.83. The summed E-state index contributed by atoms with van der Waals surface area (Å²) < 4.78 is 13.3. The van der Waals surface area contributed by atoms with Crippen LogP contribution in [0.2, 0.25) is 0 Å². The Hall–Kier alpha value is -2.70. The van der Waals surface area contributed by atoms with Gasteiger partial charge in [0, 0.05) is 43.3 Å². The first kappa shape index (κ1) is 14.2. The first-order valence-corrected chi connectivity index (χ1v) is 6.90. The van der Waals surface area contributed by atoms with E-state index in [1.54, 1.807) is 4.90 Å². The summed E-state index contributed by atoms with van der Waals surface area (Å²) >= 11 is 0. The van der Waals surface area contributed by atoms with Crippen molar-refractivity contribution in [1.82, 2.24) is 14.8 Å². The van der Waals surface area contributed by atoms with Gasteiger partial charge in [0.2, 0.25) is 6.41 Å². The van der Waals surface area contributed by atoms with Crippen LogP contribution in [0.3, 0.4) is 0 Å². The summed E-state index contributed by atoms with van der Waals surface area (Å²) in [5, 5.41) is 0.393. The molecule has 1 aromatic heterocycles. The molecule has 2 heterocycles. The molecule has 2 aromatic rings. The van der Waals surface area contributed by atoms with Crippen LogP contribution >= 0.6 is 0 Å². The number of amides is 2. The quantitative estimate of drug-likeness (QED) is 0.517. The predicted molar refractivity (Wildman–Crippen MR) is 76.8 cm³/mol. The van der Waals surface area contributed by atoms with Crippen molar-refractivity contribution >= 4 is 29.0 Å². The Bertz CT molecular complexity index is 748. The van der Waals surface area contributed by atoms with Crippen LogP contribution in [0.4, 0.5) is 4.39 Å². The molecule has 1 aliphatic heterocycles. The van der Waals surface area contributed by atoms with Crippen molar-refractivity contribution in [3.63, 3.8) is 0 Å². The maximum absolute atomic E-state index is 13.3. The lowest BCUT2D eigenvalue weighted by molar-refractivity contribution is -0.131. The van der Waals surface area contributed by atoms with Crippen LogP contribution in [0.25, 0.3) is 10.9 Å². The Kier molecular flexibility index (Phi) is 3.62. The summed E-state index contributed by atoms with van der Waals surface area (Å²) in [6.07, 6.45) is 2.15. The third-order valence-corrected chi connectivity index (χ3v) is 3.83. The van der Waals surface area contributed by atoms with Crippen LogP contribution in [-0.2, 0) is 9.59 Å². The number of carbonyl (C=O) groups excluding carboxylic acids is 3. The van der Waals surface area contributed by atoms with Gasteiger partial charge in [0.15, 0.2) is 0 Å². The Morgan fingerprint density at radius 2 is 1.91 bits per heavy atom. The lowest BCUT2D eigenvalue weighted by Gasteiger charge is -2.31. The average molecular weight is 303 g/mol. The predicted octanol–water partition coefficient (Wildman–Crippen LogP) is 0.790. The highest BCUT2D eigenvalue weighted by Crippen LogP contribution is 2.20. The smallest absolute Gasteiger partial charge is 0.295 e. The SMILES string of the molecule is O=CN1CCN(C(=O)C(=O)c2c[nH]c3ccc(F)cc23)CC1. The zero-order valence-electron chi connectivity index (χ0n) is 11.7. The molecule has 7 heteroatoms. The standard InChI is InChI=1S/C15H14FN3O3/c16-10-1-2-13-11(7-10)12(8-17-13)14(21)15(22)19-5-3-18(9-20)4-6-19/h1-2,7-9,17H,3-6H2. The first-order chi connectivity index (χ1) is 10.6. The normalized spacial score (nSPS) is 15.1. The number of fused-ring (bicyclic) bond motifs is 1. The van der Waals surface area contributed by atoms with E-state index in [9.17, 15) is 18.8 Å². The fourth-order valence-electron chi connectivity index (χ4n) is 2.57. The summed E-state index contributed by atoms with van der Waals surface area (Å²) in [5.74, 6) is -1.76. The van der Waals surface area contributed by atoms with Gasteiger partial charge in [-0.15, -0.1) is 0 Å². The van der Waals surface area contributed by atoms with Crippen molar-refractivity contribution in [3.8, 4) is 0 Å². The number of aromatic nitrogens is 1. The maximum Gasteiger partial charge on any atom is 0.295 e. The van der Waals surface area contributed by atoms with Crippen LogP contribution in [0.15, 0.2) is 24.4 Å². The zero-order chi connectivity index (χ0) is 15.7. The van der Waals surface area contributed by atoms with Crippen LogP contribution < -0.4 is 0 Å². The van der Waals surface area contributed by atoms with E-state index >= 15 is 0 Å². The lowest BCUT2D eigenvalue weighted by atomic mass is 10.1. The number of H-pyrrole nitrogens is 1. The average Bonchev–Trinajstić information content (AvgIpc) is 2.96. The molecular formula is C15H14FN3O3. The van der Waals surface area contributed by atoms with Gasteiger partial charge in [0.05, 0.1) is 5.56 Å². The monoisotopic (exact) mass is 303 g/mol. The number of nitrogens with zero attached hydrogens (tertiary/aromatic N) is 2. The maximum atomic E-state index is 13.3. The molecule has 1 aliphatic rings. The number of benzene rings is 1. The molecule has 1 N–H and O–H groups in total. The van der Waals surface area contributed by atoms with E-state index in [0.717, 1.165) is 6.41 Å². The summed E-state index contributed by atoms with van der Waals surface area (Å²) in [4.78, 5) is 41.1. The minimum absolute atomic E-state index is 0.164. The molecule has 1 aromatic carbocycles. The van der Waals surface area contributed by atoms with Gasteiger partial charge in [0.25, 0.3) is 11.7 Å². The molecular weight excluding hydrogens is 289 g/mol. The largest absolute Gasteiger partial charge is 0.360 e. The topological polar surface area (TPSA) is 73.5 Å². The number of hydrogen-bond acceptors (Lipinski definition) is 3. The highest BCUT2D eigenvalue weighted by atomic mass is 19.1. The summed E-state index contributed by atoms with van der Waals surface area (Å²) in [7, 11) is 0. The second-order valence-corrected chi connectivity index (χ2v) is 5.15. The van der Waals surface area contributed by atoms with Gasteiger partial charge in [-0.1, -0.05) is 0 Å². The Balaban J connectivity index is 1.82. The minimum atomic E-state index is -0.670. The van der Waals surface area contributed by atoms with Crippen LogP contribution in [-0.4, -0.2) is 59.1 Å². The number of nitrogens with one attached hydrogen (secondary N) is 1. The van der Waals surface area contributed by atoms with Crippen molar-refractivity contribution < 1.29 is 18.8 Å². The Labute approximate surface area is 125 Å². The molecule has 0 aliphatic carbocycles. The first-order valence-electron chi connectivity index (χ1n) is 6.90. The van der Waals surface area contributed by atoms with E-state index < -0.39 is 17.5 Å². The Morgan fingerprint density at radius 1 is 1.18 bits per heavy atom. The molecule has 114 valence electrons. The Morgan fingerprint density at radius 3 is 2.59 bits per heavy atom. The molecule has 0 bridgehead atoms. The van der Waals surface area contributed by atoms with Crippen LogP contribution in [0.5, 0.6) is 0 Å². The highest BCUT2D eigenvalue weighted by molar-refractivity contribution is 6.44. The number of carbonyl (C=O) groups is 3. The third kappa shape index (κ3) is 2.45. The number of aromatic amines is 1. The summed E-state index contributed by atoms with van der Waals surface area (Å²) in [6, 6.07) is 4.04. The van der Waals surface area contributed by atoms with Crippen molar-refractivity contribution in [3.05, 3.63) is 35.8 Å². The van der Waals surface area contributed by atoms with Gasteiger partial charge < -0.3 is 14.8 Å². The fourth-order valence-corrected chi connectivity index (χ4v) is 2.57. The molecule has 22 heavy (non-hydrogen) atoms. The van der Waals surface area contributed by atoms with E-state index in [1.165, 1.54) is 29.3 Å². The molecule has 0 saturated carbocycles. The number of ketones is 1. The zero-order valence-corrected chi connectivity index (χ0v) is 11.7. The molecule has 0 radical (unpaired) electrons. The second-order valence-electron chi connectivity index (χ2n) is 5.15. The van der Waals surface area contributed by atoms with Crippen molar-refractivity contribution in [2.75, 3.05) is 26.2 Å². The highest BCUT2D eigenvalue weighted by Gasteiger charge is 2.28. The van der Waals surface area contributed by atoms with Gasteiger partial charge in [-0.2, -0.15) is 0 Å². The molecule has 1 fully saturated rings. The lowest BCUT2D eigenvalue weighted by Crippen LogP contribution is -2.50. The number of hydrogen-bond donors (Lipinski definition) is 1. The molecule has 6 nitrogen and oxygen atoms in total. The molecule has 2 amide bonds. The van der Waals surface area contributed by atoms with Crippen molar-refractivity contribution in [2.45, 2.75) is 0 Å². The van der Waals surface area contributed by atoms with Gasteiger partial charge in [-0.3, -0.25) is 14.4 Å². The molecule has 3 rings (SSSR count). The number of Topliss-reactive ketones (excluding diaryl/α,β-unsaturated/α-hetero) is 1. The summed E-state index contributed by atoms with van der Waals surface area (Å²) in [6.45, 7) is 1.45. The number of piperazine rings is 1. The minimum Gasteiger partial charge on any atom is -0.360 e. The van der Waals surface area contributed by atoms with E-state index in [0.29, 0.717) is 37.1 Å². The molecule has 1 saturated heterocycles. The van der Waals surface area contributed by atoms with E-state index in [1.807, 2.05) is 0 Å². The summed E-state index contributed by atoms with van der Waals surface area (Å²) in [5.41, 5.74) is 0.764. The van der Waals surface area contributed by atoms with Crippen molar-refractivity contribution in [2.24, 2.45) is 0 Å². The number of halogens is 1. The second kappa shape index (κ2) is 5.59. The molecule has 0 spiro atoms. The molecule has 0 unspecified atom stereocenters. The van der Waals surface area contributed by atoms with E-state index in [-0.39, 0.29) is 5.56 Å². The van der Waals surface area contributed by atoms with Gasteiger partial charge in [-0.25, -0.2) is 4.39 Å². The van der Waals surface area contributed by atoms with Gasteiger partial charge in [0.1, 0.15) is 5.82 Å². The van der Waals surface area contributed by atoms with Crippen LogP contribution in [0.1, 0.15) is 10.4 Å². The van der Waals surface area contributed by atoms with Gasteiger partial charge >= 0.3 is 0 Å². The van der Waals surface area contributed by atoms with E-state index in [4.69, 9.17) is 0 Å². The van der Waals surface area contributed by atoms with E-state index in [2.05, 4.69) is 4.98 Å². The van der Waals surface area contributed by atoms with Crippen LogP contribution in [0, 0.1) is 5.82 Å².